The molecule has 1 atom stereocenters. The molecule has 0 aliphatic carbocycles. The number of hydrazine groups is 1. The predicted molar refractivity (Wildman–Crippen MR) is 94.1 cm³/mol. The Hall–Kier alpha value is -1.46. The van der Waals surface area contributed by atoms with Gasteiger partial charge >= 0.3 is 143 Å². The van der Waals surface area contributed by atoms with Crippen LogP contribution in [0.4, 0.5) is 0 Å². The molecule has 0 aliphatic rings. The van der Waals surface area contributed by atoms with Crippen molar-refractivity contribution in [1.82, 2.24) is 5.43 Å². The molecule has 4 nitrogen and oxygen atoms in total. The number of halogens is 1. The molecule has 24 heavy (non-hydrogen) atoms. The molecule has 0 aromatic heterocycles. The fraction of sp³-hybridized carbons (Fsp3) is 0.222. The predicted octanol–water partition coefficient (Wildman–Crippen LogP) is -2.37. The number of rotatable bonds is 6. The molecule has 0 amide bonds. The Kier molecular flexibility index (Phi) is 8.93. The van der Waals surface area contributed by atoms with Crippen molar-refractivity contribution in [2.24, 2.45) is 5.84 Å². The maximum Gasteiger partial charge on any atom is -1.00 e. The van der Waals surface area contributed by atoms with Gasteiger partial charge in [-0.25, -0.2) is 0 Å². The first-order chi connectivity index (χ1) is 11.1. The number of ketones is 1. The summed E-state index contributed by atoms with van der Waals surface area (Å²) in [7, 11) is 0. The number of benzene rings is 2. The zero-order valence-corrected chi connectivity index (χ0v) is 17.0. The minimum absolute atomic E-state index is 0. The summed E-state index contributed by atoms with van der Waals surface area (Å²) in [6, 6.07) is 19.5. The fourth-order valence-electron chi connectivity index (χ4n) is 2.14. The number of carbonyl (C=O) groups is 1. The minimum atomic E-state index is -0.219. The second kappa shape index (κ2) is 10.4. The largest absolute Gasteiger partial charge is 1.00 e. The molecular formula is C18H22BrN3OSe. The van der Waals surface area contributed by atoms with Crippen LogP contribution in [0, 0.1) is 0 Å². The minimum Gasteiger partial charge on any atom is -1.00 e. The van der Waals surface area contributed by atoms with Crippen LogP contribution in [0.15, 0.2) is 60.7 Å². The van der Waals surface area contributed by atoms with Crippen molar-refractivity contribution in [3.05, 3.63) is 71.8 Å². The van der Waals surface area contributed by atoms with Gasteiger partial charge in [-0.3, -0.25) is 0 Å². The van der Waals surface area contributed by atoms with Crippen molar-refractivity contribution in [2.45, 2.75) is 24.7 Å². The van der Waals surface area contributed by atoms with Crippen LogP contribution in [0.1, 0.15) is 34.6 Å². The van der Waals surface area contributed by atoms with E-state index in [2.05, 4.69) is 10.4 Å². The van der Waals surface area contributed by atoms with Crippen LogP contribution in [0.3, 0.4) is 0 Å². The van der Waals surface area contributed by atoms with Crippen LogP contribution in [0.25, 0.3) is 0 Å². The van der Waals surface area contributed by atoms with E-state index in [0.29, 0.717) is 0 Å². The van der Waals surface area contributed by atoms with E-state index in [-0.39, 0.29) is 48.6 Å². The molecule has 0 heterocycles. The Balaban J connectivity index is 0.00000288. The summed E-state index contributed by atoms with van der Waals surface area (Å²) in [4.78, 5) is 16.1. The van der Waals surface area contributed by atoms with Crippen LogP contribution >= 0.6 is 0 Å². The number of carbonyl (C=O) groups excluding carboxylic acids is 1. The average Bonchev–Trinajstić information content (AvgIpc) is 2.59. The van der Waals surface area contributed by atoms with E-state index in [0.717, 1.165) is 15.9 Å². The van der Waals surface area contributed by atoms with Crippen molar-refractivity contribution in [3.63, 3.8) is 0 Å². The zero-order chi connectivity index (χ0) is 16.7. The smallest absolute Gasteiger partial charge is 1.00 e. The number of nitrogens with one attached hydrogen (secondary N) is 2. The van der Waals surface area contributed by atoms with E-state index in [1.807, 2.05) is 74.5 Å². The first-order valence-corrected chi connectivity index (χ1v) is 9.37. The number of nitrogens with two attached hydrogens (primary N) is 1. The monoisotopic (exact) mass is 455 g/mol. The van der Waals surface area contributed by atoms with Gasteiger partial charge in [-0.1, -0.05) is 0 Å². The molecule has 0 radical (unpaired) electrons. The van der Waals surface area contributed by atoms with Crippen molar-refractivity contribution in [2.75, 3.05) is 0 Å². The van der Waals surface area contributed by atoms with Crippen molar-refractivity contribution in [1.29, 1.82) is 0 Å². The van der Waals surface area contributed by atoms with E-state index in [1.165, 1.54) is 0 Å². The number of amidine groups is 1. The third-order valence-corrected chi connectivity index (χ3v) is 5.69. The van der Waals surface area contributed by atoms with Gasteiger partial charge in [0.15, 0.2) is 0 Å². The molecule has 0 spiro atoms. The summed E-state index contributed by atoms with van der Waals surface area (Å²) in [5.74, 6) is 5.76. The van der Waals surface area contributed by atoms with Gasteiger partial charge < -0.3 is 17.0 Å². The first kappa shape index (κ1) is 20.6. The van der Waals surface area contributed by atoms with Crippen LogP contribution in [0.2, 0.25) is 0 Å². The van der Waals surface area contributed by atoms with Crippen LogP contribution in [0.5, 0.6) is 0 Å². The zero-order valence-electron chi connectivity index (χ0n) is 13.7. The summed E-state index contributed by atoms with van der Waals surface area (Å²) < 4.78 is 0.825. The molecule has 2 rings (SSSR count). The van der Waals surface area contributed by atoms with E-state index in [9.17, 15) is 4.79 Å². The Bertz CT molecular complexity index is 662. The van der Waals surface area contributed by atoms with Gasteiger partial charge in [0.1, 0.15) is 0 Å². The van der Waals surface area contributed by atoms with E-state index in [1.54, 1.807) is 0 Å². The normalized spacial score (nSPS) is 12.4. The van der Waals surface area contributed by atoms with E-state index < -0.39 is 0 Å². The summed E-state index contributed by atoms with van der Waals surface area (Å²) >= 11 is -0.159. The van der Waals surface area contributed by atoms with Gasteiger partial charge in [0.05, 0.1) is 0 Å². The van der Waals surface area contributed by atoms with Gasteiger partial charge in [0.25, 0.3) is 0 Å². The van der Waals surface area contributed by atoms with Gasteiger partial charge in [0, 0.05) is 0 Å². The van der Waals surface area contributed by atoms with Crippen LogP contribution < -0.4 is 33.2 Å². The molecule has 6 heteroatoms. The Morgan fingerprint density at radius 3 is 2.08 bits per heavy atom. The number of hydrogen-bond donors (Lipinski definition) is 3. The summed E-state index contributed by atoms with van der Waals surface area (Å²) in [6.07, 6.45) is 0. The van der Waals surface area contributed by atoms with Crippen LogP contribution in [-0.2, 0) is 0 Å². The molecule has 2 aromatic carbocycles. The molecule has 0 fully saturated rings. The maximum atomic E-state index is 13.0. The molecule has 128 valence electrons. The quantitative estimate of drug-likeness (QED) is 0.114. The van der Waals surface area contributed by atoms with Crippen LogP contribution in [-0.4, -0.2) is 31.5 Å². The summed E-state index contributed by atoms with van der Waals surface area (Å²) in [5.41, 5.74) is 4.46. The molecular weight excluding hydrogens is 433 g/mol. The summed E-state index contributed by atoms with van der Waals surface area (Å²) in [6.45, 7) is 4.09. The molecule has 0 aliphatic heterocycles. The molecule has 0 bridgehead atoms. The topological polar surface area (TPSA) is 69.1 Å². The standard InChI is InChI=1S/C18H21N3OSe.BrH/c1-13(2)20-18(21-19)23-17(15-11-7-4-8-12-15)16(22)14-9-5-3-6-10-14;/h3-13,17H,19H2,1-2H3,(H,20,21);1H. The first-order valence-electron chi connectivity index (χ1n) is 7.52. The van der Waals surface area contributed by atoms with E-state index in [4.69, 9.17) is 5.84 Å². The number of hydrogen-bond acceptors (Lipinski definition) is 2. The third kappa shape index (κ3) is 5.87. The maximum absolute atomic E-state index is 13.0. The van der Waals surface area contributed by atoms with E-state index >= 15 is 0 Å². The second-order valence-electron chi connectivity index (χ2n) is 5.41. The fourth-order valence-corrected chi connectivity index (χ4v) is 4.54. The second-order valence-corrected chi connectivity index (χ2v) is 7.75. The molecule has 0 saturated heterocycles. The van der Waals surface area contributed by atoms with Gasteiger partial charge in [0.2, 0.25) is 0 Å². The van der Waals surface area contributed by atoms with Crippen molar-refractivity contribution in [3.8, 4) is 0 Å². The van der Waals surface area contributed by atoms with Crippen molar-refractivity contribution < 1.29 is 26.8 Å². The Morgan fingerprint density at radius 2 is 1.58 bits per heavy atom. The molecule has 4 N–H and O–H groups in total. The SMILES string of the molecule is CC(C)[NH+]=C(NN)[Se]C(C(=O)c1ccccc1)c1ccccc1.[Br-]. The van der Waals surface area contributed by atoms with Gasteiger partial charge in [-0.15, -0.1) is 0 Å². The Labute approximate surface area is 159 Å². The molecule has 1 unspecified atom stereocenters. The number of Topliss-reactive ketones (excluding diaryl/α,β-unsaturated/α-hetero) is 1. The van der Waals surface area contributed by atoms with Gasteiger partial charge in [-0.05, 0) is 0 Å². The van der Waals surface area contributed by atoms with Crippen molar-refractivity contribution >= 4 is 25.5 Å². The molecule has 2 aromatic rings. The third-order valence-electron chi connectivity index (χ3n) is 3.19. The Morgan fingerprint density at radius 1 is 1.04 bits per heavy atom. The summed E-state index contributed by atoms with van der Waals surface area (Å²) in [5, 5.41) is 0. The molecule has 0 saturated carbocycles. The van der Waals surface area contributed by atoms with Gasteiger partial charge in [-0.2, -0.15) is 0 Å². The average molecular weight is 455 g/mol.